The Balaban J connectivity index is 2.44. The van der Waals surface area contributed by atoms with Gasteiger partial charge in [0.2, 0.25) is 5.91 Å². The molecule has 5 nitrogen and oxygen atoms in total. The van der Waals surface area contributed by atoms with Crippen molar-refractivity contribution in [2.45, 2.75) is 39.8 Å². The Hall–Kier alpha value is -1.36. The fourth-order valence-corrected chi connectivity index (χ4v) is 1.30. The van der Waals surface area contributed by atoms with Gasteiger partial charge >= 0.3 is 0 Å². The maximum absolute atomic E-state index is 11.7. The second kappa shape index (κ2) is 5.65. The van der Waals surface area contributed by atoms with Crippen LogP contribution in [0.15, 0.2) is 10.8 Å². The van der Waals surface area contributed by atoms with Gasteiger partial charge in [-0.2, -0.15) is 0 Å². The summed E-state index contributed by atoms with van der Waals surface area (Å²) >= 11 is 0. The van der Waals surface area contributed by atoms with E-state index in [9.17, 15) is 4.79 Å². The number of hydrogen-bond donors (Lipinski definition) is 2. The van der Waals surface area contributed by atoms with Gasteiger partial charge in [-0.25, -0.2) is 4.98 Å². The summed E-state index contributed by atoms with van der Waals surface area (Å²) < 4.78 is 5.03. The molecule has 1 amide bonds. The third-order valence-corrected chi connectivity index (χ3v) is 2.83. The molecule has 0 radical (unpaired) electrons. The molecule has 16 heavy (non-hydrogen) atoms. The molecule has 0 saturated heterocycles. The van der Waals surface area contributed by atoms with Crippen molar-refractivity contribution >= 4 is 5.91 Å². The first-order chi connectivity index (χ1) is 7.56. The van der Waals surface area contributed by atoms with Crippen LogP contribution in [0.4, 0.5) is 0 Å². The quantitative estimate of drug-likeness (QED) is 0.782. The molecule has 3 N–H and O–H groups in total. The monoisotopic (exact) mass is 225 g/mol. The van der Waals surface area contributed by atoms with E-state index in [1.54, 1.807) is 0 Å². The highest BCUT2D eigenvalue weighted by atomic mass is 16.3. The van der Waals surface area contributed by atoms with Crippen LogP contribution < -0.4 is 11.1 Å². The van der Waals surface area contributed by atoms with Gasteiger partial charge in [0.05, 0.1) is 12.6 Å². The van der Waals surface area contributed by atoms with Crippen molar-refractivity contribution in [3.63, 3.8) is 0 Å². The Morgan fingerprint density at radius 3 is 2.88 bits per heavy atom. The van der Waals surface area contributed by atoms with E-state index in [1.807, 2.05) is 20.8 Å². The van der Waals surface area contributed by atoms with Crippen LogP contribution in [0.5, 0.6) is 0 Å². The molecule has 0 fully saturated rings. The number of hydrogen-bond acceptors (Lipinski definition) is 4. The van der Waals surface area contributed by atoms with Crippen LogP contribution in [0.1, 0.15) is 31.7 Å². The summed E-state index contributed by atoms with van der Waals surface area (Å²) in [5.41, 5.74) is 6.53. The lowest BCUT2D eigenvalue weighted by Gasteiger charge is -2.17. The molecule has 2 unspecified atom stereocenters. The van der Waals surface area contributed by atoms with E-state index >= 15 is 0 Å². The van der Waals surface area contributed by atoms with E-state index in [-0.39, 0.29) is 11.8 Å². The first-order valence-corrected chi connectivity index (χ1v) is 5.48. The molecule has 90 valence electrons. The van der Waals surface area contributed by atoms with Gasteiger partial charge in [-0.05, 0) is 12.8 Å². The zero-order valence-electron chi connectivity index (χ0n) is 9.99. The van der Waals surface area contributed by atoms with Gasteiger partial charge in [0, 0.05) is 0 Å². The number of nitrogens with one attached hydrogen (secondary N) is 1. The van der Waals surface area contributed by atoms with Crippen LogP contribution in [-0.2, 0) is 11.3 Å². The van der Waals surface area contributed by atoms with Crippen LogP contribution in [0.3, 0.4) is 0 Å². The highest BCUT2D eigenvalue weighted by Gasteiger charge is 2.19. The van der Waals surface area contributed by atoms with Gasteiger partial charge in [0.1, 0.15) is 11.5 Å². The van der Waals surface area contributed by atoms with Crippen LogP contribution >= 0.6 is 0 Å². The second-order valence-corrected chi connectivity index (χ2v) is 3.98. The van der Waals surface area contributed by atoms with E-state index in [1.165, 1.54) is 6.39 Å². The number of carbonyl (C=O) groups excluding carboxylic acids is 1. The van der Waals surface area contributed by atoms with Crippen molar-refractivity contribution < 1.29 is 9.21 Å². The maximum atomic E-state index is 11.7. The van der Waals surface area contributed by atoms with Gasteiger partial charge in [-0.15, -0.1) is 0 Å². The lowest BCUT2D eigenvalue weighted by molar-refractivity contribution is -0.123. The summed E-state index contributed by atoms with van der Waals surface area (Å²) in [6.07, 6.45) is 2.25. The molecule has 0 aliphatic heterocycles. The standard InChI is InChI=1S/C11H19N3O2/c1-4-7(2)10(12)11(15)13-5-9-8(3)16-6-14-9/h6-7,10H,4-5,12H2,1-3H3,(H,13,15). The van der Waals surface area contributed by atoms with Crippen LogP contribution in [0, 0.1) is 12.8 Å². The number of rotatable bonds is 5. The molecule has 1 heterocycles. The Morgan fingerprint density at radius 2 is 2.38 bits per heavy atom. The average molecular weight is 225 g/mol. The average Bonchev–Trinajstić information content (AvgIpc) is 2.69. The molecule has 1 rings (SSSR count). The normalized spacial score (nSPS) is 14.5. The first-order valence-electron chi connectivity index (χ1n) is 5.48. The summed E-state index contributed by atoms with van der Waals surface area (Å²) in [7, 11) is 0. The first kappa shape index (κ1) is 12.7. The minimum atomic E-state index is -0.461. The number of aromatic nitrogens is 1. The van der Waals surface area contributed by atoms with Crippen molar-refractivity contribution in [1.82, 2.24) is 10.3 Å². The van der Waals surface area contributed by atoms with Crippen molar-refractivity contribution in [2.75, 3.05) is 0 Å². The predicted octanol–water partition coefficient (Wildman–Crippen LogP) is 0.973. The number of nitrogens with zero attached hydrogens (tertiary/aromatic N) is 1. The molecule has 0 aliphatic rings. The molecule has 0 spiro atoms. The Labute approximate surface area is 95.4 Å². The third-order valence-electron chi connectivity index (χ3n) is 2.83. The fourth-order valence-electron chi connectivity index (χ4n) is 1.30. The lowest BCUT2D eigenvalue weighted by Crippen LogP contribution is -2.44. The fraction of sp³-hybridized carbons (Fsp3) is 0.636. The van der Waals surface area contributed by atoms with E-state index in [0.29, 0.717) is 6.54 Å². The Kier molecular flexibility index (Phi) is 4.49. The predicted molar refractivity (Wildman–Crippen MR) is 60.5 cm³/mol. The van der Waals surface area contributed by atoms with Crippen LogP contribution in [0.2, 0.25) is 0 Å². The zero-order valence-corrected chi connectivity index (χ0v) is 9.99. The van der Waals surface area contributed by atoms with E-state index in [4.69, 9.17) is 10.2 Å². The SMILES string of the molecule is CCC(C)C(N)C(=O)NCc1ncoc1C. The second-order valence-electron chi connectivity index (χ2n) is 3.98. The van der Waals surface area contributed by atoms with Crippen LogP contribution in [0.25, 0.3) is 0 Å². The molecule has 0 aliphatic carbocycles. The molecule has 2 atom stereocenters. The van der Waals surface area contributed by atoms with E-state index in [2.05, 4.69) is 10.3 Å². The zero-order chi connectivity index (χ0) is 12.1. The molecular formula is C11H19N3O2. The molecule has 1 aromatic rings. The van der Waals surface area contributed by atoms with Crippen molar-refractivity contribution in [2.24, 2.45) is 11.7 Å². The van der Waals surface area contributed by atoms with Gasteiger partial charge in [-0.1, -0.05) is 20.3 Å². The summed E-state index contributed by atoms with van der Waals surface area (Å²) in [6.45, 7) is 6.15. The third kappa shape index (κ3) is 3.06. The molecule has 0 aromatic carbocycles. The molecular weight excluding hydrogens is 206 g/mol. The smallest absolute Gasteiger partial charge is 0.237 e. The van der Waals surface area contributed by atoms with E-state index < -0.39 is 6.04 Å². The summed E-state index contributed by atoms with van der Waals surface area (Å²) in [6, 6.07) is -0.461. The number of aryl methyl sites for hydroxylation is 1. The number of carbonyl (C=O) groups is 1. The molecule has 5 heteroatoms. The maximum Gasteiger partial charge on any atom is 0.237 e. The number of oxazole rings is 1. The summed E-state index contributed by atoms with van der Waals surface area (Å²) in [5, 5.41) is 2.75. The van der Waals surface area contributed by atoms with Gasteiger partial charge in [0.25, 0.3) is 0 Å². The molecule has 1 aromatic heterocycles. The molecule has 0 bridgehead atoms. The van der Waals surface area contributed by atoms with Gasteiger partial charge in [-0.3, -0.25) is 4.79 Å². The van der Waals surface area contributed by atoms with Gasteiger partial charge < -0.3 is 15.5 Å². The van der Waals surface area contributed by atoms with Crippen molar-refractivity contribution in [3.05, 3.63) is 17.8 Å². The highest BCUT2D eigenvalue weighted by molar-refractivity contribution is 5.81. The minimum absolute atomic E-state index is 0.142. The summed E-state index contributed by atoms with van der Waals surface area (Å²) in [5.74, 6) is 0.757. The topological polar surface area (TPSA) is 81.2 Å². The van der Waals surface area contributed by atoms with Crippen molar-refractivity contribution in [1.29, 1.82) is 0 Å². The Bertz CT molecular complexity index is 349. The largest absolute Gasteiger partial charge is 0.448 e. The molecule has 0 saturated carbocycles. The lowest BCUT2D eigenvalue weighted by atomic mass is 9.99. The highest BCUT2D eigenvalue weighted by Crippen LogP contribution is 2.07. The van der Waals surface area contributed by atoms with Crippen LogP contribution in [-0.4, -0.2) is 16.9 Å². The van der Waals surface area contributed by atoms with Gasteiger partial charge in [0.15, 0.2) is 6.39 Å². The number of amides is 1. The Morgan fingerprint density at radius 1 is 1.69 bits per heavy atom. The van der Waals surface area contributed by atoms with Crippen molar-refractivity contribution in [3.8, 4) is 0 Å². The number of nitrogens with two attached hydrogens (primary N) is 1. The minimum Gasteiger partial charge on any atom is -0.448 e. The summed E-state index contributed by atoms with van der Waals surface area (Å²) in [4.78, 5) is 15.6. The van der Waals surface area contributed by atoms with E-state index in [0.717, 1.165) is 17.9 Å².